The van der Waals surface area contributed by atoms with Crippen LogP contribution in [0.3, 0.4) is 0 Å². The molecule has 0 atom stereocenters. The highest BCUT2D eigenvalue weighted by molar-refractivity contribution is 5.91. The van der Waals surface area contributed by atoms with E-state index in [4.69, 9.17) is 9.05 Å². The molecule has 1 aliphatic rings. The zero-order valence-corrected chi connectivity index (χ0v) is 13.4. The van der Waals surface area contributed by atoms with Crippen molar-refractivity contribution < 1.29 is 13.8 Å². The third-order valence-electron chi connectivity index (χ3n) is 3.79. The maximum Gasteiger partial charge on any atom is 0.239 e. The second-order valence-electron chi connectivity index (χ2n) is 5.85. The highest BCUT2D eigenvalue weighted by Gasteiger charge is 2.20. The van der Waals surface area contributed by atoms with Gasteiger partial charge in [-0.25, -0.2) is 0 Å². The molecule has 0 aliphatic carbocycles. The summed E-state index contributed by atoms with van der Waals surface area (Å²) in [5.74, 6) is 1.90. The average Bonchev–Trinajstić information content (AvgIpc) is 3.10. The molecule has 23 heavy (non-hydrogen) atoms. The molecular weight excluding hydrogens is 298 g/mol. The van der Waals surface area contributed by atoms with Crippen molar-refractivity contribution in [3.05, 3.63) is 29.3 Å². The van der Waals surface area contributed by atoms with Crippen LogP contribution in [-0.2, 0) is 11.3 Å². The summed E-state index contributed by atoms with van der Waals surface area (Å²) in [6.07, 6.45) is 0. The van der Waals surface area contributed by atoms with Crippen LogP contribution in [0, 0.1) is 13.8 Å². The lowest BCUT2D eigenvalue weighted by Crippen LogP contribution is -2.48. The number of rotatable bonds is 5. The molecule has 0 unspecified atom stereocenters. The molecule has 3 rings (SSSR count). The molecule has 3 heterocycles. The van der Waals surface area contributed by atoms with E-state index in [1.165, 1.54) is 0 Å². The van der Waals surface area contributed by atoms with Crippen molar-refractivity contribution in [2.75, 3.05) is 38.0 Å². The molecule has 8 nitrogen and oxygen atoms in total. The summed E-state index contributed by atoms with van der Waals surface area (Å²) in [5.41, 5.74) is 0.954. The molecule has 0 spiro atoms. The molecule has 2 aromatic heterocycles. The fourth-order valence-electron chi connectivity index (χ4n) is 2.64. The Bertz CT molecular complexity index is 658. The van der Waals surface area contributed by atoms with Crippen LogP contribution < -0.4 is 5.32 Å². The van der Waals surface area contributed by atoms with Gasteiger partial charge in [-0.15, -0.1) is 0 Å². The molecule has 0 saturated carbocycles. The third-order valence-corrected chi connectivity index (χ3v) is 3.79. The van der Waals surface area contributed by atoms with E-state index in [0.29, 0.717) is 18.1 Å². The second kappa shape index (κ2) is 6.93. The van der Waals surface area contributed by atoms with E-state index in [0.717, 1.165) is 44.2 Å². The lowest BCUT2D eigenvalue weighted by molar-refractivity contribution is -0.117. The quantitative estimate of drug-likeness (QED) is 0.880. The zero-order valence-electron chi connectivity index (χ0n) is 13.4. The molecule has 0 aromatic carbocycles. The van der Waals surface area contributed by atoms with Crippen LogP contribution in [0.4, 0.5) is 5.82 Å². The van der Waals surface area contributed by atoms with Gasteiger partial charge >= 0.3 is 0 Å². The predicted octanol–water partition coefficient (Wildman–Crippen LogP) is 1.04. The Balaban J connectivity index is 1.41. The van der Waals surface area contributed by atoms with Crippen molar-refractivity contribution in [3.8, 4) is 0 Å². The first-order valence-corrected chi connectivity index (χ1v) is 7.68. The molecule has 1 aliphatic heterocycles. The normalized spacial score (nSPS) is 16.6. The maximum atomic E-state index is 12.0. The lowest BCUT2D eigenvalue weighted by atomic mass is 10.2. The number of hydrogen-bond acceptors (Lipinski definition) is 7. The Labute approximate surface area is 134 Å². The van der Waals surface area contributed by atoms with E-state index in [-0.39, 0.29) is 5.91 Å². The summed E-state index contributed by atoms with van der Waals surface area (Å²) >= 11 is 0. The van der Waals surface area contributed by atoms with E-state index >= 15 is 0 Å². The van der Waals surface area contributed by atoms with Crippen molar-refractivity contribution in [2.45, 2.75) is 20.4 Å². The topological polar surface area (TPSA) is 87.6 Å². The molecule has 2 aromatic rings. The van der Waals surface area contributed by atoms with Crippen molar-refractivity contribution in [1.29, 1.82) is 0 Å². The largest absolute Gasteiger partial charge is 0.361 e. The van der Waals surface area contributed by atoms with Crippen molar-refractivity contribution >= 4 is 11.7 Å². The van der Waals surface area contributed by atoms with Crippen molar-refractivity contribution in [1.82, 2.24) is 20.1 Å². The van der Waals surface area contributed by atoms with Crippen LogP contribution in [0.5, 0.6) is 0 Å². The smallest absolute Gasteiger partial charge is 0.239 e. The van der Waals surface area contributed by atoms with Gasteiger partial charge in [0.1, 0.15) is 11.5 Å². The molecular formula is C15H21N5O3. The first-order valence-electron chi connectivity index (χ1n) is 7.68. The summed E-state index contributed by atoms with van der Waals surface area (Å²) in [7, 11) is 0. The van der Waals surface area contributed by atoms with Crippen molar-refractivity contribution in [3.63, 3.8) is 0 Å². The number of amides is 1. The van der Waals surface area contributed by atoms with Gasteiger partial charge in [0, 0.05) is 44.9 Å². The highest BCUT2D eigenvalue weighted by atomic mass is 16.5. The van der Waals surface area contributed by atoms with Crippen LogP contribution in [-0.4, -0.2) is 58.7 Å². The Morgan fingerprint density at radius 1 is 1.09 bits per heavy atom. The first-order chi connectivity index (χ1) is 11.1. The summed E-state index contributed by atoms with van der Waals surface area (Å²) < 4.78 is 10.0. The van der Waals surface area contributed by atoms with Gasteiger partial charge in [0.15, 0.2) is 5.82 Å². The molecule has 0 bridgehead atoms. The third kappa shape index (κ3) is 4.40. The number of aryl methyl sites for hydroxylation is 2. The summed E-state index contributed by atoms with van der Waals surface area (Å²) in [6.45, 7) is 8.34. The Kier molecular flexibility index (Phi) is 4.73. The minimum atomic E-state index is -0.0705. The number of piperazine rings is 1. The van der Waals surface area contributed by atoms with E-state index in [1.807, 2.05) is 13.0 Å². The standard InChI is InChI=1S/C15H21N5O3/c1-11-7-13(17-22-11)9-19-3-5-20(6-4-19)10-15(21)16-14-8-12(2)23-18-14/h7-8H,3-6,9-10H2,1-2H3,(H,16,18,21). The van der Waals surface area contributed by atoms with Crippen LogP contribution >= 0.6 is 0 Å². The minimum Gasteiger partial charge on any atom is -0.361 e. The van der Waals surface area contributed by atoms with Crippen molar-refractivity contribution in [2.24, 2.45) is 0 Å². The van der Waals surface area contributed by atoms with Gasteiger partial charge in [-0.1, -0.05) is 10.3 Å². The van der Waals surface area contributed by atoms with Gasteiger partial charge in [-0.2, -0.15) is 0 Å². The number of carbonyl (C=O) groups is 1. The summed E-state index contributed by atoms with van der Waals surface area (Å²) in [5, 5.41) is 10.5. The number of anilines is 1. The van der Waals surface area contributed by atoms with E-state index < -0.39 is 0 Å². The molecule has 0 radical (unpaired) electrons. The number of aromatic nitrogens is 2. The number of nitrogens with zero attached hydrogens (tertiary/aromatic N) is 4. The van der Waals surface area contributed by atoms with Gasteiger partial charge in [0.25, 0.3) is 0 Å². The summed E-state index contributed by atoms with van der Waals surface area (Å²) in [6, 6.07) is 3.66. The highest BCUT2D eigenvalue weighted by Crippen LogP contribution is 2.10. The Morgan fingerprint density at radius 3 is 2.35 bits per heavy atom. The fraction of sp³-hybridized carbons (Fsp3) is 0.533. The number of carbonyl (C=O) groups excluding carboxylic acids is 1. The molecule has 124 valence electrons. The van der Waals surface area contributed by atoms with Gasteiger partial charge in [-0.05, 0) is 13.8 Å². The molecule has 1 N–H and O–H groups in total. The first kappa shape index (κ1) is 15.7. The minimum absolute atomic E-state index is 0.0705. The van der Waals surface area contributed by atoms with Crippen LogP contribution in [0.1, 0.15) is 17.2 Å². The van der Waals surface area contributed by atoms with E-state index in [1.54, 1.807) is 13.0 Å². The van der Waals surface area contributed by atoms with E-state index in [9.17, 15) is 4.79 Å². The number of nitrogens with one attached hydrogen (secondary N) is 1. The van der Waals surface area contributed by atoms with Gasteiger partial charge in [0.05, 0.1) is 12.2 Å². The second-order valence-corrected chi connectivity index (χ2v) is 5.85. The van der Waals surface area contributed by atoms with Gasteiger partial charge in [-0.3, -0.25) is 14.6 Å². The molecule has 1 saturated heterocycles. The van der Waals surface area contributed by atoms with Crippen LogP contribution in [0.25, 0.3) is 0 Å². The van der Waals surface area contributed by atoms with Crippen LogP contribution in [0.2, 0.25) is 0 Å². The molecule has 8 heteroatoms. The maximum absolute atomic E-state index is 12.0. The Morgan fingerprint density at radius 2 is 1.74 bits per heavy atom. The SMILES string of the molecule is Cc1cc(CN2CCN(CC(=O)Nc3cc(C)on3)CC2)no1. The van der Waals surface area contributed by atoms with Gasteiger partial charge in [0.2, 0.25) is 5.91 Å². The lowest BCUT2D eigenvalue weighted by Gasteiger charge is -2.33. The molecule has 1 amide bonds. The van der Waals surface area contributed by atoms with Gasteiger partial charge < -0.3 is 14.4 Å². The zero-order chi connectivity index (χ0) is 16.2. The number of hydrogen-bond donors (Lipinski definition) is 1. The average molecular weight is 319 g/mol. The molecule has 1 fully saturated rings. The predicted molar refractivity (Wildman–Crippen MR) is 82.8 cm³/mol. The summed E-state index contributed by atoms with van der Waals surface area (Å²) in [4.78, 5) is 16.4. The monoisotopic (exact) mass is 319 g/mol. The Hall–Kier alpha value is -2.19. The van der Waals surface area contributed by atoms with E-state index in [2.05, 4.69) is 25.4 Å². The fourth-order valence-corrected chi connectivity index (χ4v) is 2.64. The van der Waals surface area contributed by atoms with Crippen LogP contribution in [0.15, 0.2) is 21.2 Å².